The molecular formula is C21H24BrN3O2S. The molecule has 2 aromatic rings. The molecule has 28 heavy (non-hydrogen) atoms. The van der Waals surface area contributed by atoms with Crippen molar-refractivity contribution in [1.29, 1.82) is 0 Å². The van der Waals surface area contributed by atoms with Crippen molar-refractivity contribution in [2.75, 3.05) is 24.2 Å². The van der Waals surface area contributed by atoms with E-state index in [2.05, 4.69) is 57.4 Å². The zero-order chi connectivity index (χ0) is 19.9. The van der Waals surface area contributed by atoms with Crippen molar-refractivity contribution in [2.24, 2.45) is 5.92 Å². The Morgan fingerprint density at radius 1 is 1.18 bits per heavy atom. The number of nitrogens with zero attached hydrogens (tertiary/aromatic N) is 2. The predicted octanol–water partition coefficient (Wildman–Crippen LogP) is 4.26. The Bertz CT molecular complexity index is 803. The Balaban J connectivity index is 1.39. The summed E-state index contributed by atoms with van der Waals surface area (Å²) in [5.74, 6) is 1.94. The molecular weight excluding hydrogens is 438 g/mol. The van der Waals surface area contributed by atoms with Crippen molar-refractivity contribution in [3.8, 4) is 0 Å². The fourth-order valence-corrected chi connectivity index (χ4v) is 4.22. The van der Waals surface area contributed by atoms with E-state index in [4.69, 9.17) is 0 Å². The number of rotatable bonds is 6. The average Bonchev–Trinajstić information content (AvgIpc) is 2.71. The second-order valence-electron chi connectivity index (χ2n) is 6.98. The van der Waals surface area contributed by atoms with Gasteiger partial charge in [0.1, 0.15) is 5.82 Å². The number of likely N-dealkylation sites (tertiary alicyclic amines) is 1. The topological polar surface area (TPSA) is 62.3 Å². The van der Waals surface area contributed by atoms with Gasteiger partial charge in [-0.05, 0) is 53.4 Å². The molecule has 0 saturated carbocycles. The summed E-state index contributed by atoms with van der Waals surface area (Å²) >= 11 is 4.97. The minimum atomic E-state index is -0.0743. The molecule has 0 bridgehead atoms. The number of nitrogens with one attached hydrogen (secondary N) is 1. The number of pyridine rings is 1. The van der Waals surface area contributed by atoms with Gasteiger partial charge in [-0.3, -0.25) is 9.59 Å². The minimum Gasteiger partial charge on any atom is -0.342 e. The number of aryl methyl sites for hydroxylation is 1. The Hall–Kier alpha value is -1.86. The summed E-state index contributed by atoms with van der Waals surface area (Å²) in [7, 11) is 0. The monoisotopic (exact) mass is 461 g/mol. The molecule has 5 nitrogen and oxygen atoms in total. The van der Waals surface area contributed by atoms with E-state index in [1.807, 2.05) is 11.0 Å². The molecule has 2 heterocycles. The standard InChI is InChI=1S/C21H24BrN3O2S/c1-15-2-4-16(5-3-15)13-28-14-20(26)25-10-8-17(9-11-25)21(27)24-19-7-6-18(22)12-23-19/h2-7,12,17H,8-11,13-14H2,1H3,(H,23,24,27). The van der Waals surface area contributed by atoms with Crippen LogP contribution in [-0.4, -0.2) is 40.5 Å². The minimum absolute atomic E-state index is 0.0179. The molecule has 1 aliphatic rings. The highest BCUT2D eigenvalue weighted by molar-refractivity contribution is 9.10. The molecule has 1 fully saturated rings. The van der Waals surface area contributed by atoms with Gasteiger partial charge in [0.2, 0.25) is 11.8 Å². The molecule has 1 aromatic heterocycles. The number of benzene rings is 1. The van der Waals surface area contributed by atoms with E-state index in [-0.39, 0.29) is 17.7 Å². The van der Waals surface area contributed by atoms with E-state index < -0.39 is 0 Å². The molecule has 2 amide bonds. The predicted molar refractivity (Wildman–Crippen MR) is 117 cm³/mol. The summed E-state index contributed by atoms with van der Waals surface area (Å²) in [4.78, 5) is 30.9. The highest BCUT2D eigenvalue weighted by atomic mass is 79.9. The molecule has 0 aliphatic carbocycles. The van der Waals surface area contributed by atoms with Crippen molar-refractivity contribution in [3.05, 3.63) is 58.2 Å². The van der Waals surface area contributed by atoms with Crippen LogP contribution in [0.2, 0.25) is 0 Å². The van der Waals surface area contributed by atoms with Crippen LogP contribution >= 0.6 is 27.7 Å². The normalized spacial score (nSPS) is 14.7. The van der Waals surface area contributed by atoms with Gasteiger partial charge in [-0.15, -0.1) is 11.8 Å². The Morgan fingerprint density at radius 2 is 1.89 bits per heavy atom. The molecule has 7 heteroatoms. The zero-order valence-corrected chi connectivity index (χ0v) is 18.3. The highest BCUT2D eigenvalue weighted by Crippen LogP contribution is 2.21. The Morgan fingerprint density at radius 3 is 2.54 bits per heavy atom. The number of anilines is 1. The third-order valence-corrected chi connectivity index (χ3v) is 6.27. The number of carbonyl (C=O) groups is 2. The number of amides is 2. The third-order valence-electron chi connectivity index (χ3n) is 4.81. The lowest BCUT2D eigenvalue weighted by molar-refractivity contribution is -0.132. The summed E-state index contributed by atoms with van der Waals surface area (Å²) in [6, 6.07) is 12.0. The number of carbonyl (C=O) groups excluding carboxylic acids is 2. The Kier molecular flexibility index (Phi) is 7.50. The first-order valence-electron chi connectivity index (χ1n) is 9.35. The van der Waals surface area contributed by atoms with Crippen LogP contribution in [-0.2, 0) is 15.3 Å². The van der Waals surface area contributed by atoms with Gasteiger partial charge in [0.15, 0.2) is 0 Å². The molecule has 3 rings (SSSR count). The molecule has 0 atom stereocenters. The van der Waals surface area contributed by atoms with Crippen LogP contribution in [0.25, 0.3) is 0 Å². The maximum absolute atomic E-state index is 12.4. The second-order valence-corrected chi connectivity index (χ2v) is 8.89. The summed E-state index contributed by atoms with van der Waals surface area (Å²) in [6.07, 6.45) is 3.04. The average molecular weight is 462 g/mol. The van der Waals surface area contributed by atoms with Crippen LogP contribution in [0.1, 0.15) is 24.0 Å². The Labute approximate surface area is 178 Å². The first-order valence-corrected chi connectivity index (χ1v) is 11.3. The van der Waals surface area contributed by atoms with E-state index in [9.17, 15) is 9.59 Å². The number of halogens is 1. The summed E-state index contributed by atoms with van der Waals surface area (Å²) < 4.78 is 0.873. The fourth-order valence-electron chi connectivity index (χ4n) is 3.10. The summed E-state index contributed by atoms with van der Waals surface area (Å²) in [5, 5.41) is 2.86. The van der Waals surface area contributed by atoms with Crippen molar-refractivity contribution in [2.45, 2.75) is 25.5 Å². The van der Waals surface area contributed by atoms with Crippen molar-refractivity contribution in [3.63, 3.8) is 0 Å². The number of piperidine rings is 1. The maximum Gasteiger partial charge on any atom is 0.232 e. The molecule has 0 unspecified atom stereocenters. The molecule has 1 saturated heterocycles. The van der Waals surface area contributed by atoms with Crippen molar-refractivity contribution >= 4 is 45.3 Å². The van der Waals surface area contributed by atoms with Gasteiger partial charge in [-0.25, -0.2) is 4.98 Å². The SMILES string of the molecule is Cc1ccc(CSCC(=O)N2CCC(C(=O)Nc3ccc(Br)cn3)CC2)cc1. The van der Waals surface area contributed by atoms with Gasteiger partial charge in [-0.1, -0.05) is 29.8 Å². The number of thioether (sulfide) groups is 1. The second kappa shape index (κ2) is 10.1. The van der Waals surface area contributed by atoms with Crippen LogP contribution < -0.4 is 5.32 Å². The summed E-state index contributed by atoms with van der Waals surface area (Å²) in [6.45, 7) is 3.34. The molecule has 1 aromatic carbocycles. The molecule has 1 aliphatic heterocycles. The van der Waals surface area contributed by atoms with Gasteiger partial charge in [-0.2, -0.15) is 0 Å². The van der Waals surface area contributed by atoms with Crippen LogP contribution in [0.15, 0.2) is 47.1 Å². The fraction of sp³-hybridized carbons (Fsp3) is 0.381. The maximum atomic E-state index is 12.4. The van der Waals surface area contributed by atoms with E-state index >= 15 is 0 Å². The molecule has 0 radical (unpaired) electrons. The smallest absolute Gasteiger partial charge is 0.232 e. The van der Waals surface area contributed by atoms with Crippen LogP contribution in [0.3, 0.4) is 0 Å². The van der Waals surface area contributed by atoms with Gasteiger partial charge < -0.3 is 10.2 Å². The van der Waals surface area contributed by atoms with Crippen molar-refractivity contribution < 1.29 is 9.59 Å². The zero-order valence-electron chi connectivity index (χ0n) is 15.9. The lowest BCUT2D eigenvalue weighted by Crippen LogP contribution is -2.42. The quantitative estimate of drug-likeness (QED) is 0.697. The van der Waals surface area contributed by atoms with E-state index in [1.165, 1.54) is 11.1 Å². The molecule has 1 N–H and O–H groups in total. The number of aromatic nitrogens is 1. The number of hydrogen-bond donors (Lipinski definition) is 1. The summed E-state index contributed by atoms with van der Waals surface area (Å²) in [5.41, 5.74) is 2.48. The lowest BCUT2D eigenvalue weighted by Gasteiger charge is -2.31. The largest absolute Gasteiger partial charge is 0.342 e. The molecule has 148 valence electrons. The van der Waals surface area contributed by atoms with E-state index in [0.29, 0.717) is 37.5 Å². The first kappa shape index (κ1) is 20.9. The van der Waals surface area contributed by atoms with Gasteiger partial charge in [0.05, 0.1) is 5.75 Å². The van der Waals surface area contributed by atoms with E-state index in [1.54, 1.807) is 24.0 Å². The van der Waals surface area contributed by atoms with Gasteiger partial charge in [0, 0.05) is 35.4 Å². The van der Waals surface area contributed by atoms with Gasteiger partial charge in [0.25, 0.3) is 0 Å². The van der Waals surface area contributed by atoms with Gasteiger partial charge >= 0.3 is 0 Å². The van der Waals surface area contributed by atoms with Crippen LogP contribution in [0.5, 0.6) is 0 Å². The van der Waals surface area contributed by atoms with Crippen LogP contribution in [0.4, 0.5) is 5.82 Å². The number of hydrogen-bond acceptors (Lipinski definition) is 4. The van der Waals surface area contributed by atoms with Crippen molar-refractivity contribution in [1.82, 2.24) is 9.88 Å². The lowest BCUT2D eigenvalue weighted by atomic mass is 9.96. The highest BCUT2D eigenvalue weighted by Gasteiger charge is 2.27. The third kappa shape index (κ3) is 6.07. The molecule has 0 spiro atoms. The first-order chi connectivity index (χ1) is 13.5. The van der Waals surface area contributed by atoms with Crippen LogP contribution in [0, 0.1) is 12.8 Å². The van der Waals surface area contributed by atoms with E-state index in [0.717, 1.165) is 10.2 Å².